The number of hydrogen-bond donors (Lipinski definition) is 1. The van der Waals surface area contributed by atoms with Gasteiger partial charge in [0.05, 0.1) is 0 Å². The van der Waals surface area contributed by atoms with Crippen LogP contribution in [0.25, 0.3) is 5.82 Å². The summed E-state index contributed by atoms with van der Waals surface area (Å²) in [6.45, 7) is 0. The van der Waals surface area contributed by atoms with Crippen LogP contribution in [0.15, 0.2) is 24.9 Å². The zero-order valence-corrected chi connectivity index (χ0v) is 7.33. The number of aromatic carboxylic acids is 1. The summed E-state index contributed by atoms with van der Waals surface area (Å²) in [7, 11) is 0. The van der Waals surface area contributed by atoms with Crippen LogP contribution in [0.5, 0.6) is 0 Å². The third kappa shape index (κ3) is 1.54. The molecule has 0 radical (unpaired) electrons. The van der Waals surface area contributed by atoms with E-state index in [2.05, 4.69) is 15.1 Å². The highest BCUT2D eigenvalue weighted by atomic mass is 19.1. The Morgan fingerprint density at radius 1 is 1.53 bits per heavy atom. The van der Waals surface area contributed by atoms with Crippen molar-refractivity contribution < 1.29 is 14.3 Å². The van der Waals surface area contributed by atoms with E-state index < -0.39 is 17.3 Å². The van der Waals surface area contributed by atoms with Gasteiger partial charge < -0.3 is 5.11 Å². The first-order valence-electron chi connectivity index (χ1n) is 3.93. The Kier molecular flexibility index (Phi) is 2.13. The van der Waals surface area contributed by atoms with E-state index in [9.17, 15) is 9.18 Å². The van der Waals surface area contributed by atoms with Crippen LogP contribution in [0.1, 0.15) is 10.4 Å². The van der Waals surface area contributed by atoms with Gasteiger partial charge >= 0.3 is 5.97 Å². The average Bonchev–Trinajstić information content (AvgIpc) is 2.70. The minimum absolute atomic E-state index is 0.188. The normalized spacial score (nSPS) is 10.2. The second-order valence-electron chi connectivity index (χ2n) is 2.64. The minimum atomic E-state index is -1.35. The van der Waals surface area contributed by atoms with Crippen molar-refractivity contribution in [3.63, 3.8) is 0 Å². The maximum atomic E-state index is 13.6. The van der Waals surface area contributed by atoms with Crippen LogP contribution in [-0.2, 0) is 0 Å². The molecule has 2 aromatic rings. The van der Waals surface area contributed by atoms with Gasteiger partial charge in [0.25, 0.3) is 0 Å². The predicted molar refractivity (Wildman–Crippen MR) is 46.1 cm³/mol. The van der Waals surface area contributed by atoms with Gasteiger partial charge in [0, 0.05) is 6.20 Å². The van der Waals surface area contributed by atoms with Crippen LogP contribution in [0.4, 0.5) is 4.39 Å². The molecular formula is C8H5FN4O2. The van der Waals surface area contributed by atoms with E-state index in [4.69, 9.17) is 5.11 Å². The molecule has 2 heterocycles. The number of nitrogens with zero attached hydrogens (tertiary/aromatic N) is 4. The summed E-state index contributed by atoms with van der Waals surface area (Å²) < 4.78 is 14.6. The highest BCUT2D eigenvalue weighted by Gasteiger charge is 2.16. The first kappa shape index (κ1) is 9.25. The van der Waals surface area contributed by atoms with Gasteiger partial charge in [0.1, 0.15) is 18.2 Å². The van der Waals surface area contributed by atoms with Gasteiger partial charge in [-0.05, 0) is 6.07 Å². The average molecular weight is 208 g/mol. The van der Waals surface area contributed by atoms with Crippen molar-refractivity contribution in [3.8, 4) is 5.82 Å². The molecule has 0 fully saturated rings. The minimum Gasteiger partial charge on any atom is -0.478 e. The lowest BCUT2D eigenvalue weighted by molar-refractivity contribution is 0.0691. The number of pyridine rings is 1. The van der Waals surface area contributed by atoms with Crippen LogP contribution in [0, 0.1) is 5.82 Å². The first-order valence-corrected chi connectivity index (χ1v) is 3.93. The molecule has 7 heteroatoms. The number of rotatable bonds is 2. The smallest absolute Gasteiger partial charge is 0.338 e. The summed E-state index contributed by atoms with van der Waals surface area (Å²) in [5.74, 6) is -2.47. The molecule has 76 valence electrons. The van der Waals surface area contributed by atoms with E-state index in [1.165, 1.54) is 18.9 Å². The molecule has 0 spiro atoms. The molecule has 0 aliphatic heterocycles. The Morgan fingerprint density at radius 2 is 2.33 bits per heavy atom. The molecule has 2 aromatic heterocycles. The zero-order chi connectivity index (χ0) is 10.8. The summed E-state index contributed by atoms with van der Waals surface area (Å²) in [5, 5.41) is 12.3. The lowest BCUT2D eigenvalue weighted by Gasteiger charge is -2.02. The van der Waals surface area contributed by atoms with Gasteiger partial charge in [0.15, 0.2) is 11.6 Å². The Balaban J connectivity index is 2.59. The van der Waals surface area contributed by atoms with Crippen molar-refractivity contribution in [2.24, 2.45) is 0 Å². The van der Waals surface area contributed by atoms with Gasteiger partial charge in [-0.2, -0.15) is 9.78 Å². The number of halogens is 1. The third-order valence-electron chi connectivity index (χ3n) is 1.74. The molecule has 0 aromatic carbocycles. The molecule has 2 rings (SSSR count). The number of hydrogen-bond acceptors (Lipinski definition) is 4. The van der Waals surface area contributed by atoms with Crippen molar-refractivity contribution in [2.75, 3.05) is 0 Å². The van der Waals surface area contributed by atoms with E-state index in [0.717, 1.165) is 10.7 Å². The largest absolute Gasteiger partial charge is 0.478 e. The van der Waals surface area contributed by atoms with E-state index in [0.29, 0.717) is 0 Å². The van der Waals surface area contributed by atoms with Gasteiger partial charge in [-0.15, -0.1) is 0 Å². The Labute approximate surface area is 83.0 Å². The second-order valence-corrected chi connectivity index (χ2v) is 2.64. The van der Waals surface area contributed by atoms with Gasteiger partial charge in [-0.3, -0.25) is 0 Å². The predicted octanol–water partition coefficient (Wildman–Crippen LogP) is 0.500. The molecule has 0 unspecified atom stereocenters. The number of aromatic nitrogens is 4. The van der Waals surface area contributed by atoms with Crippen LogP contribution >= 0.6 is 0 Å². The van der Waals surface area contributed by atoms with Crippen molar-refractivity contribution >= 4 is 5.97 Å². The maximum absolute atomic E-state index is 13.6. The lowest BCUT2D eigenvalue weighted by atomic mass is 10.2. The molecule has 0 amide bonds. The molecule has 0 aliphatic rings. The summed E-state index contributed by atoms with van der Waals surface area (Å²) in [4.78, 5) is 17.9. The number of carboxylic acids is 1. The fraction of sp³-hybridized carbons (Fsp3) is 0. The van der Waals surface area contributed by atoms with E-state index in [-0.39, 0.29) is 5.82 Å². The standard InChI is InChI=1S/C8H5FN4O2/c9-6-5(8(14)15)1-2-11-7(6)13-4-10-3-12-13/h1-4H,(H,14,15). The molecule has 0 aliphatic carbocycles. The highest BCUT2D eigenvalue weighted by Crippen LogP contribution is 2.12. The monoisotopic (exact) mass is 208 g/mol. The fourth-order valence-corrected chi connectivity index (χ4v) is 1.08. The topological polar surface area (TPSA) is 80.9 Å². The van der Waals surface area contributed by atoms with Crippen LogP contribution < -0.4 is 0 Å². The van der Waals surface area contributed by atoms with Crippen molar-refractivity contribution in [3.05, 3.63) is 36.3 Å². The third-order valence-corrected chi connectivity index (χ3v) is 1.74. The molecule has 6 nitrogen and oxygen atoms in total. The second kappa shape index (κ2) is 3.45. The fourth-order valence-electron chi connectivity index (χ4n) is 1.08. The summed E-state index contributed by atoms with van der Waals surface area (Å²) >= 11 is 0. The van der Waals surface area contributed by atoms with Crippen LogP contribution in [0.2, 0.25) is 0 Å². The number of carboxylic acid groups (broad SMARTS) is 1. The van der Waals surface area contributed by atoms with Crippen molar-refractivity contribution in [2.45, 2.75) is 0 Å². The summed E-state index contributed by atoms with van der Waals surface area (Å²) in [5.41, 5.74) is -0.449. The van der Waals surface area contributed by atoms with Gasteiger partial charge in [-0.1, -0.05) is 0 Å². The number of carbonyl (C=O) groups is 1. The van der Waals surface area contributed by atoms with Crippen molar-refractivity contribution in [1.82, 2.24) is 19.7 Å². The zero-order valence-electron chi connectivity index (χ0n) is 7.33. The SMILES string of the molecule is O=C(O)c1ccnc(-n2cncn2)c1F. The molecule has 0 bridgehead atoms. The lowest BCUT2D eigenvalue weighted by Crippen LogP contribution is -2.08. The van der Waals surface area contributed by atoms with E-state index >= 15 is 0 Å². The van der Waals surface area contributed by atoms with Crippen molar-refractivity contribution in [1.29, 1.82) is 0 Å². The molecular weight excluding hydrogens is 203 g/mol. The molecule has 0 saturated carbocycles. The molecule has 0 atom stereocenters. The highest BCUT2D eigenvalue weighted by molar-refractivity contribution is 5.88. The molecule has 1 N–H and O–H groups in total. The maximum Gasteiger partial charge on any atom is 0.338 e. The first-order chi connectivity index (χ1) is 7.20. The molecule has 0 saturated heterocycles. The summed E-state index contributed by atoms with van der Waals surface area (Å²) in [6.07, 6.45) is 3.63. The Hall–Kier alpha value is -2.31. The van der Waals surface area contributed by atoms with Gasteiger partial charge in [-0.25, -0.2) is 19.2 Å². The van der Waals surface area contributed by atoms with Crippen LogP contribution in [-0.4, -0.2) is 30.8 Å². The Bertz CT molecular complexity index is 497. The summed E-state index contributed by atoms with van der Waals surface area (Å²) in [6, 6.07) is 1.08. The van der Waals surface area contributed by atoms with E-state index in [1.807, 2.05) is 0 Å². The van der Waals surface area contributed by atoms with E-state index in [1.54, 1.807) is 0 Å². The van der Waals surface area contributed by atoms with Crippen LogP contribution in [0.3, 0.4) is 0 Å². The van der Waals surface area contributed by atoms with Gasteiger partial charge in [0.2, 0.25) is 0 Å². The quantitative estimate of drug-likeness (QED) is 0.777. The Morgan fingerprint density at radius 3 is 2.93 bits per heavy atom. The molecule has 15 heavy (non-hydrogen) atoms.